The SMILES string of the molecule is CCOc1cccc(/C(O)=C2/C(=O)C(=O)N(C3CCCCC3)C2c2ccc(O)c(Cl)c2)c1. The van der Waals surface area contributed by atoms with E-state index >= 15 is 0 Å². The maximum atomic E-state index is 13.2. The van der Waals surface area contributed by atoms with Crippen LogP contribution in [-0.2, 0) is 9.59 Å². The third-order valence-corrected chi connectivity index (χ3v) is 6.46. The first-order chi connectivity index (χ1) is 15.4. The fraction of sp³-hybridized carbons (Fsp3) is 0.360. The van der Waals surface area contributed by atoms with E-state index in [-0.39, 0.29) is 28.1 Å². The van der Waals surface area contributed by atoms with Crippen molar-refractivity contribution < 1.29 is 24.5 Å². The van der Waals surface area contributed by atoms with Crippen molar-refractivity contribution in [3.05, 3.63) is 64.2 Å². The van der Waals surface area contributed by atoms with Crippen molar-refractivity contribution in [2.45, 2.75) is 51.1 Å². The van der Waals surface area contributed by atoms with Crippen LogP contribution in [0.4, 0.5) is 0 Å². The molecule has 0 radical (unpaired) electrons. The van der Waals surface area contributed by atoms with Gasteiger partial charge in [0.2, 0.25) is 0 Å². The molecule has 2 aromatic carbocycles. The number of phenolic OH excluding ortho intramolecular Hbond substituents is 1. The second kappa shape index (κ2) is 9.25. The van der Waals surface area contributed by atoms with Gasteiger partial charge in [0.25, 0.3) is 11.7 Å². The molecule has 1 unspecified atom stereocenters. The normalized spacial score (nSPS) is 21.2. The van der Waals surface area contributed by atoms with E-state index < -0.39 is 17.7 Å². The van der Waals surface area contributed by atoms with E-state index in [2.05, 4.69) is 0 Å². The molecule has 0 spiro atoms. The summed E-state index contributed by atoms with van der Waals surface area (Å²) in [7, 11) is 0. The first-order valence-electron chi connectivity index (χ1n) is 10.9. The number of amides is 1. The van der Waals surface area contributed by atoms with Gasteiger partial charge in [-0.25, -0.2) is 0 Å². The largest absolute Gasteiger partial charge is 0.507 e. The van der Waals surface area contributed by atoms with Crippen LogP contribution in [0.1, 0.15) is 56.2 Å². The number of carbonyl (C=O) groups excluding carboxylic acids is 2. The summed E-state index contributed by atoms with van der Waals surface area (Å²) in [4.78, 5) is 28.0. The molecule has 0 bridgehead atoms. The molecule has 2 N–H and O–H groups in total. The molecule has 2 aliphatic rings. The number of Topliss-reactive ketones (excluding diaryl/α,β-unsaturated/α-hetero) is 1. The summed E-state index contributed by atoms with van der Waals surface area (Å²) in [6.45, 7) is 2.32. The number of benzene rings is 2. The minimum Gasteiger partial charge on any atom is -0.507 e. The topological polar surface area (TPSA) is 87.1 Å². The maximum Gasteiger partial charge on any atom is 0.295 e. The molecule has 6 nitrogen and oxygen atoms in total. The van der Waals surface area contributed by atoms with Gasteiger partial charge >= 0.3 is 0 Å². The van der Waals surface area contributed by atoms with Gasteiger partial charge < -0.3 is 19.8 Å². The van der Waals surface area contributed by atoms with Gasteiger partial charge in [0, 0.05) is 11.6 Å². The van der Waals surface area contributed by atoms with Crippen LogP contribution in [0.2, 0.25) is 5.02 Å². The highest BCUT2D eigenvalue weighted by atomic mass is 35.5. The van der Waals surface area contributed by atoms with Gasteiger partial charge in [0.05, 0.1) is 23.2 Å². The molecule has 1 atom stereocenters. The number of ether oxygens (including phenoxy) is 1. The minimum atomic E-state index is -0.785. The molecule has 2 aromatic rings. The smallest absolute Gasteiger partial charge is 0.295 e. The molecular formula is C25H26ClNO5. The summed E-state index contributed by atoms with van der Waals surface area (Å²) < 4.78 is 5.52. The highest BCUT2D eigenvalue weighted by Crippen LogP contribution is 2.44. The third-order valence-electron chi connectivity index (χ3n) is 6.15. The van der Waals surface area contributed by atoms with Gasteiger partial charge in [0.15, 0.2) is 0 Å². The molecule has 1 aliphatic carbocycles. The molecule has 168 valence electrons. The Labute approximate surface area is 192 Å². The van der Waals surface area contributed by atoms with Crippen LogP contribution in [0.5, 0.6) is 11.5 Å². The Morgan fingerprint density at radius 1 is 1.12 bits per heavy atom. The van der Waals surface area contributed by atoms with Crippen LogP contribution in [0.25, 0.3) is 5.76 Å². The Balaban J connectivity index is 1.87. The predicted molar refractivity (Wildman–Crippen MR) is 122 cm³/mol. The average Bonchev–Trinajstić information content (AvgIpc) is 3.07. The molecular weight excluding hydrogens is 430 g/mol. The van der Waals surface area contributed by atoms with Crippen LogP contribution in [0, 0.1) is 0 Å². The molecule has 7 heteroatoms. The van der Waals surface area contributed by atoms with Gasteiger partial charge in [-0.15, -0.1) is 0 Å². The molecule has 1 saturated heterocycles. The van der Waals surface area contributed by atoms with Crippen LogP contribution in [0.3, 0.4) is 0 Å². The minimum absolute atomic E-state index is 0.0241. The van der Waals surface area contributed by atoms with Gasteiger partial charge in [-0.3, -0.25) is 9.59 Å². The monoisotopic (exact) mass is 455 g/mol. The van der Waals surface area contributed by atoms with E-state index in [4.69, 9.17) is 16.3 Å². The number of aliphatic hydroxyl groups is 1. The quantitative estimate of drug-likeness (QED) is 0.367. The summed E-state index contributed by atoms with van der Waals surface area (Å²) in [5, 5.41) is 21.2. The van der Waals surface area contributed by atoms with Gasteiger partial charge in [-0.1, -0.05) is 49.1 Å². The zero-order valence-corrected chi connectivity index (χ0v) is 18.6. The van der Waals surface area contributed by atoms with Crippen LogP contribution in [-0.4, -0.2) is 39.5 Å². The number of aromatic hydroxyl groups is 1. The van der Waals surface area contributed by atoms with Crippen LogP contribution < -0.4 is 4.74 Å². The Morgan fingerprint density at radius 3 is 2.56 bits per heavy atom. The van der Waals surface area contributed by atoms with Gasteiger partial charge in [0.1, 0.15) is 17.3 Å². The van der Waals surface area contributed by atoms with Crippen LogP contribution >= 0.6 is 11.6 Å². The summed E-state index contributed by atoms with van der Waals surface area (Å²) in [5.41, 5.74) is 0.989. The van der Waals surface area contributed by atoms with E-state index in [0.29, 0.717) is 23.5 Å². The number of likely N-dealkylation sites (tertiary alicyclic amines) is 1. The highest BCUT2D eigenvalue weighted by Gasteiger charge is 2.49. The zero-order valence-electron chi connectivity index (χ0n) is 17.9. The number of halogens is 1. The maximum absolute atomic E-state index is 13.2. The van der Waals surface area contributed by atoms with E-state index in [1.165, 1.54) is 6.07 Å². The first kappa shape index (κ1) is 22.2. The Hall–Kier alpha value is -2.99. The fourth-order valence-electron chi connectivity index (χ4n) is 4.66. The second-order valence-electron chi connectivity index (χ2n) is 8.17. The van der Waals surface area contributed by atoms with Gasteiger partial charge in [-0.2, -0.15) is 0 Å². The Kier molecular flexibility index (Phi) is 6.42. The van der Waals surface area contributed by atoms with E-state index in [1.54, 1.807) is 41.3 Å². The number of hydrogen-bond donors (Lipinski definition) is 2. The predicted octanol–water partition coefficient (Wildman–Crippen LogP) is 5.20. The van der Waals surface area contributed by atoms with Crippen molar-refractivity contribution in [3.63, 3.8) is 0 Å². The number of carbonyl (C=O) groups is 2. The lowest BCUT2D eigenvalue weighted by atomic mass is 9.91. The lowest BCUT2D eigenvalue weighted by Gasteiger charge is -2.35. The number of rotatable bonds is 5. The molecule has 2 fully saturated rings. The summed E-state index contributed by atoms with van der Waals surface area (Å²) in [5.74, 6) is -1.12. The summed E-state index contributed by atoms with van der Waals surface area (Å²) in [6.07, 6.45) is 4.66. The van der Waals surface area contributed by atoms with Crippen molar-refractivity contribution in [3.8, 4) is 11.5 Å². The number of nitrogens with zero attached hydrogens (tertiary/aromatic N) is 1. The van der Waals surface area contributed by atoms with Crippen LogP contribution in [0.15, 0.2) is 48.0 Å². The first-order valence-corrected chi connectivity index (χ1v) is 11.3. The number of hydrogen-bond acceptors (Lipinski definition) is 5. The Bertz CT molecular complexity index is 1070. The number of ketones is 1. The molecule has 0 aromatic heterocycles. The lowest BCUT2D eigenvalue weighted by Crippen LogP contribution is -2.40. The molecule has 1 heterocycles. The van der Waals surface area contributed by atoms with Crippen molar-refractivity contribution in [1.29, 1.82) is 0 Å². The second-order valence-corrected chi connectivity index (χ2v) is 8.58. The van der Waals surface area contributed by atoms with Crippen molar-refractivity contribution in [1.82, 2.24) is 4.90 Å². The Morgan fingerprint density at radius 2 is 1.88 bits per heavy atom. The van der Waals surface area contributed by atoms with E-state index in [9.17, 15) is 19.8 Å². The van der Waals surface area contributed by atoms with E-state index in [0.717, 1.165) is 32.1 Å². The summed E-state index contributed by atoms with van der Waals surface area (Å²) in [6, 6.07) is 10.5. The molecule has 1 amide bonds. The molecule has 4 rings (SSSR count). The molecule has 1 saturated carbocycles. The number of aliphatic hydroxyl groups excluding tert-OH is 1. The lowest BCUT2D eigenvalue weighted by molar-refractivity contribution is -0.141. The fourth-order valence-corrected chi connectivity index (χ4v) is 4.85. The third kappa shape index (κ3) is 4.07. The van der Waals surface area contributed by atoms with Crippen molar-refractivity contribution >= 4 is 29.1 Å². The summed E-state index contributed by atoms with van der Waals surface area (Å²) >= 11 is 6.16. The van der Waals surface area contributed by atoms with Crippen molar-refractivity contribution in [2.24, 2.45) is 0 Å². The standard InChI is InChI=1S/C25H26ClNO5/c1-2-32-18-10-6-7-16(13-18)23(29)21-22(15-11-12-20(28)19(26)14-15)27(25(31)24(21)30)17-8-4-3-5-9-17/h6-7,10-14,17,22,28-29H,2-5,8-9H2,1H3/b23-21-. The average molecular weight is 456 g/mol. The zero-order chi connectivity index (χ0) is 22.8. The van der Waals surface area contributed by atoms with E-state index in [1.807, 2.05) is 6.92 Å². The highest BCUT2D eigenvalue weighted by molar-refractivity contribution is 6.46. The molecule has 32 heavy (non-hydrogen) atoms. The molecule has 1 aliphatic heterocycles. The number of phenols is 1. The van der Waals surface area contributed by atoms with Gasteiger partial charge in [-0.05, 0) is 49.6 Å². The van der Waals surface area contributed by atoms with Crippen molar-refractivity contribution in [2.75, 3.05) is 6.61 Å².